The fourth-order valence-corrected chi connectivity index (χ4v) is 0.759. The fraction of sp³-hybridized carbons (Fsp3) is 1.00. The molecule has 0 aromatic rings. The zero-order valence-corrected chi connectivity index (χ0v) is 4.35. The van der Waals surface area contributed by atoms with Gasteiger partial charge in [0.05, 0.1) is 0 Å². The van der Waals surface area contributed by atoms with Crippen molar-refractivity contribution in [3.63, 3.8) is 0 Å². The Morgan fingerprint density at radius 2 is 2.14 bits per heavy atom. The molecule has 0 spiro atoms. The van der Waals surface area contributed by atoms with E-state index in [1.807, 2.05) is 6.92 Å². The van der Waals surface area contributed by atoms with Gasteiger partial charge < -0.3 is 16.0 Å². The highest BCUT2D eigenvalue weighted by atomic mass is 16.5. The summed E-state index contributed by atoms with van der Waals surface area (Å²) in [5.74, 6) is 0. The Morgan fingerprint density at radius 1 is 1.71 bits per heavy atom. The van der Waals surface area contributed by atoms with Crippen molar-refractivity contribution in [2.75, 3.05) is 13.1 Å². The first kappa shape index (κ1) is 5.03. The van der Waals surface area contributed by atoms with Gasteiger partial charge >= 0.3 is 0 Å². The lowest BCUT2D eigenvalue weighted by Gasteiger charge is -2.50. The molecule has 0 atom stereocenters. The maximum atomic E-state index is 10.2. The number of nitrogens with zero attached hydrogens (tertiary/aromatic N) is 1. The highest BCUT2D eigenvalue weighted by molar-refractivity contribution is 4.95. The minimum absolute atomic E-state index is 0.193. The molecule has 0 radical (unpaired) electrons. The minimum atomic E-state index is -0.193. The lowest BCUT2D eigenvalue weighted by Crippen LogP contribution is -2.63. The Balaban J connectivity index is 2.29. The maximum absolute atomic E-state index is 10.2. The Kier molecular flexibility index (Phi) is 0.849. The highest BCUT2D eigenvalue weighted by Gasteiger charge is 2.28. The van der Waals surface area contributed by atoms with Gasteiger partial charge in [-0.2, -0.15) is 0 Å². The Morgan fingerprint density at radius 3 is 2.14 bits per heavy atom. The van der Waals surface area contributed by atoms with Crippen LogP contribution in [0.1, 0.15) is 6.92 Å². The molecule has 42 valence electrons. The number of hydrogen-bond acceptors (Lipinski definition) is 3. The molecule has 1 aliphatic rings. The summed E-state index contributed by atoms with van der Waals surface area (Å²) in [6.07, 6.45) is 0. The third-order valence-corrected chi connectivity index (χ3v) is 1.08. The van der Waals surface area contributed by atoms with E-state index in [0.717, 1.165) is 5.06 Å². The average molecular weight is 101 g/mol. The molecule has 0 saturated carbocycles. The summed E-state index contributed by atoms with van der Waals surface area (Å²) in [4.78, 5) is 0. The van der Waals surface area contributed by atoms with Crippen molar-refractivity contribution in [1.29, 1.82) is 0 Å². The van der Waals surface area contributed by atoms with Crippen molar-refractivity contribution < 1.29 is 0 Å². The number of hydrogen-bond donors (Lipinski definition) is 1. The van der Waals surface area contributed by atoms with Crippen LogP contribution < -0.4 is 5.73 Å². The summed E-state index contributed by atoms with van der Waals surface area (Å²) >= 11 is 0. The van der Waals surface area contributed by atoms with E-state index in [-0.39, 0.29) is 5.54 Å². The van der Waals surface area contributed by atoms with Crippen molar-refractivity contribution in [1.82, 2.24) is 5.06 Å². The minimum Gasteiger partial charge on any atom is -0.785 e. The van der Waals surface area contributed by atoms with Crippen LogP contribution in [-0.2, 0) is 0 Å². The maximum Gasteiger partial charge on any atom is 0.0365 e. The van der Waals surface area contributed by atoms with Gasteiger partial charge in [-0.3, -0.25) is 0 Å². The van der Waals surface area contributed by atoms with Crippen molar-refractivity contribution in [2.45, 2.75) is 12.5 Å². The molecule has 0 aromatic heterocycles. The monoisotopic (exact) mass is 101 g/mol. The lowest BCUT2D eigenvalue weighted by atomic mass is 9.97. The van der Waals surface area contributed by atoms with E-state index in [4.69, 9.17) is 5.73 Å². The van der Waals surface area contributed by atoms with Crippen LogP contribution in [0.4, 0.5) is 0 Å². The smallest absolute Gasteiger partial charge is 0.0365 e. The second kappa shape index (κ2) is 1.18. The van der Waals surface area contributed by atoms with Crippen LogP contribution in [0.15, 0.2) is 0 Å². The van der Waals surface area contributed by atoms with E-state index in [9.17, 15) is 5.21 Å². The van der Waals surface area contributed by atoms with Crippen molar-refractivity contribution >= 4 is 0 Å². The van der Waals surface area contributed by atoms with Crippen molar-refractivity contribution in [3.05, 3.63) is 5.21 Å². The molecule has 0 bridgehead atoms. The quantitative estimate of drug-likeness (QED) is 0.448. The number of hydroxylamine groups is 2. The average Bonchev–Trinajstić information content (AvgIpc) is 1.27. The first-order valence-corrected chi connectivity index (χ1v) is 2.31. The van der Waals surface area contributed by atoms with Gasteiger partial charge in [-0.15, -0.1) is 0 Å². The van der Waals surface area contributed by atoms with Crippen LogP contribution in [0.2, 0.25) is 0 Å². The molecule has 1 rings (SSSR count). The largest absolute Gasteiger partial charge is 0.785 e. The summed E-state index contributed by atoms with van der Waals surface area (Å²) in [6, 6.07) is 0. The van der Waals surface area contributed by atoms with E-state index in [1.54, 1.807) is 0 Å². The van der Waals surface area contributed by atoms with Crippen molar-refractivity contribution in [3.8, 4) is 0 Å². The Bertz CT molecular complexity index is 73.8. The Labute approximate surface area is 42.7 Å². The fourth-order valence-electron chi connectivity index (χ4n) is 0.759. The predicted molar refractivity (Wildman–Crippen MR) is 27.5 cm³/mol. The van der Waals surface area contributed by atoms with Gasteiger partial charge in [0.25, 0.3) is 0 Å². The third kappa shape index (κ3) is 0.907. The van der Waals surface area contributed by atoms with Gasteiger partial charge in [-0.05, 0) is 6.92 Å². The number of nitrogens with two attached hydrogens (primary N) is 1. The molecule has 0 unspecified atom stereocenters. The molecule has 0 aromatic carbocycles. The normalized spacial score (nSPS) is 29.6. The molecule has 7 heavy (non-hydrogen) atoms. The SMILES string of the molecule is CC1(N)CN([O-])C1. The summed E-state index contributed by atoms with van der Waals surface area (Å²) in [7, 11) is 0. The van der Waals surface area contributed by atoms with E-state index < -0.39 is 0 Å². The van der Waals surface area contributed by atoms with Crippen LogP contribution in [0, 0.1) is 5.21 Å². The second-order valence-electron chi connectivity index (χ2n) is 2.45. The predicted octanol–water partition coefficient (Wildman–Crippen LogP) is -0.483. The molecule has 0 amide bonds. The molecular formula is C4H9N2O-. The van der Waals surface area contributed by atoms with Crippen LogP contribution >= 0.6 is 0 Å². The van der Waals surface area contributed by atoms with E-state index in [1.165, 1.54) is 0 Å². The second-order valence-corrected chi connectivity index (χ2v) is 2.45. The van der Waals surface area contributed by atoms with Gasteiger partial charge in [-0.1, -0.05) is 0 Å². The van der Waals surface area contributed by atoms with Gasteiger partial charge in [0.15, 0.2) is 0 Å². The van der Waals surface area contributed by atoms with E-state index >= 15 is 0 Å². The van der Waals surface area contributed by atoms with Gasteiger partial charge in [-0.25, -0.2) is 0 Å². The molecule has 3 nitrogen and oxygen atoms in total. The summed E-state index contributed by atoms with van der Waals surface area (Å²) in [5.41, 5.74) is 5.28. The first-order chi connectivity index (χ1) is 3.10. The summed E-state index contributed by atoms with van der Waals surface area (Å²) in [6.45, 7) is 2.86. The van der Waals surface area contributed by atoms with E-state index in [0.29, 0.717) is 13.1 Å². The topological polar surface area (TPSA) is 52.3 Å². The molecule has 1 aliphatic heterocycles. The highest BCUT2D eigenvalue weighted by Crippen LogP contribution is 2.13. The standard InChI is InChI=1S/C4H9N2O/c1-4(5)2-6(7)3-4/h2-3,5H2,1H3/q-1. The zero-order valence-electron chi connectivity index (χ0n) is 4.35. The van der Waals surface area contributed by atoms with Gasteiger partial charge in [0, 0.05) is 18.6 Å². The summed E-state index contributed by atoms with van der Waals surface area (Å²) in [5, 5.41) is 11.1. The van der Waals surface area contributed by atoms with Gasteiger partial charge in [0.1, 0.15) is 0 Å². The lowest BCUT2D eigenvalue weighted by molar-refractivity contribution is 0.140. The first-order valence-electron chi connectivity index (χ1n) is 2.31. The molecular weight excluding hydrogens is 92.1 g/mol. The molecule has 0 aliphatic carbocycles. The third-order valence-electron chi connectivity index (χ3n) is 1.08. The Hall–Kier alpha value is -0.120. The molecule has 3 heteroatoms. The van der Waals surface area contributed by atoms with E-state index in [2.05, 4.69) is 0 Å². The molecule has 1 saturated heterocycles. The van der Waals surface area contributed by atoms with Crippen LogP contribution in [0.3, 0.4) is 0 Å². The zero-order chi connectivity index (χ0) is 5.49. The van der Waals surface area contributed by atoms with Crippen LogP contribution in [-0.4, -0.2) is 23.7 Å². The van der Waals surface area contributed by atoms with Crippen LogP contribution in [0.5, 0.6) is 0 Å². The van der Waals surface area contributed by atoms with Crippen molar-refractivity contribution in [2.24, 2.45) is 5.73 Å². The molecule has 2 N–H and O–H groups in total. The molecule has 1 fully saturated rings. The molecule has 1 heterocycles. The van der Waals surface area contributed by atoms with Crippen LogP contribution in [0.25, 0.3) is 0 Å². The van der Waals surface area contributed by atoms with Gasteiger partial charge in [0.2, 0.25) is 0 Å². The summed E-state index contributed by atoms with van der Waals surface area (Å²) < 4.78 is 0. The number of rotatable bonds is 0.